The van der Waals surface area contributed by atoms with Crippen LogP contribution in [0.4, 0.5) is 0 Å². The van der Waals surface area contributed by atoms with Gasteiger partial charge >= 0.3 is 11.9 Å². The molecule has 0 saturated carbocycles. The van der Waals surface area contributed by atoms with E-state index in [1.807, 2.05) is 6.92 Å². The third-order valence-corrected chi connectivity index (χ3v) is 5.72. The van der Waals surface area contributed by atoms with Crippen LogP contribution >= 0.6 is 0 Å². The van der Waals surface area contributed by atoms with E-state index in [2.05, 4.69) is 19.6 Å². The van der Waals surface area contributed by atoms with Gasteiger partial charge in [0.15, 0.2) is 0 Å². The van der Waals surface area contributed by atoms with Crippen LogP contribution in [0.2, 0.25) is 25.7 Å². The Morgan fingerprint density at radius 3 is 2.31 bits per heavy atom. The Kier molecular flexibility index (Phi) is 8.58. The number of carbonyl (C=O) groups excluding carboxylic acids is 1. The Morgan fingerprint density at radius 2 is 1.81 bits per heavy atom. The standard InChI is InChI=1S/C20H30O5Si/c1-6-15(2)25-20(23)18(19(21)22)14-16-8-10-17(11-9-16)24-12-7-13-26(3,4)5/h8-11,14-15H,6-7,12-13H2,1-5H3,(H,21,22). The topological polar surface area (TPSA) is 72.8 Å². The van der Waals surface area contributed by atoms with Gasteiger partial charge in [-0.3, -0.25) is 0 Å². The summed E-state index contributed by atoms with van der Waals surface area (Å²) in [7, 11) is -1.05. The third kappa shape index (κ3) is 8.34. The number of rotatable bonds is 10. The van der Waals surface area contributed by atoms with Crippen molar-refractivity contribution in [1.82, 2.24) is 0 Å². The van der Waals surface area contributed by atoms with Crippen LogP contribution in [0.25, 0.3) is 6.08 Å². The Labute approximate surface area is 157 Å². The van der Waals surface area contributed by atoms with Crippen LogP contribution < -0.4 is 4.74 Å². The molecule has 0 spiro atoms. The first-order chi connectivity index (χ1) is 12.1. The summed E-state index contributed by atoms with van der Waals surface area (Å²) in [6.45, 7) is 11.3. The fraction of sp³-hybridized carbons (Fsp3) is 0.500. The van der Waals surface area contributed by atoms with Crippen LogP contribution in [-0.2, 0) is 14.3 Å². The van der Waals surface area contributed by atoms with Gasteiger partial charge in [-0.15, -0.1) is 0 Å². The van der Waals surface area contributed by atoms with Gasteiger partial charge in [-0.25, -0.2) is 9.59 Å². The first kappa shape index (κ1) is 22.0. The van der Waals surface area contributed by atoms with Crippen LogP contribution in [0.5, 0.6) is 5.75 Å². The van der Waals surface area contributed by atoms with Crippen molar-refractivity contribution in [3.63, 3.8) is 0 Å². The predicted molar refractivity (Wildman–Crippen MR) is 106 cm³/mol. The Bertz CT molecular complexity index is 629. The molecule has 0 aliphatic carbocycles. The minimum absolute atomic E-state index is 0.322. The zero-order valence-corrected chi connectivity index (χ0v) is 17.4. The van der Waals surface area contributed by atoms with E-state index in [0.29, 0.717) is 18.6 Å². The van der Waals surface area contributed by atoms with Crippen molar-refractivity contribution in [2.24, 2.45) is 0 Å². The summed E-state index contributed by atoms with van der Waals surface area (Å²) in [5.74, 6) is -1.39. The van der Waals surface area contributed by atoms with Crippen molar-refractivity contribution in [3.8, 4) is 5.75 Å². The first-order valence-electron chi connectivity index (χ1n) is 9.01. The first-order valence-corrected chi connectivity index (χ1v) is 12.7. The third-order valence-electron chi connectivity index (χ3n) is 3.86. The molecule has 144 valence electrons. The number of benzene rings is 1. The second kappa shape index (κ2) is 10.2. The number of esters is 1. The molecular weight excluding hydrogens is 348 g/mol. The molecule has 26 heavy (non-hydrogen) atoms. The average molecular weight is 379 g/mol. The SMILES string of the molecule is CCC(C)OC(=O)C(=Cc1ccc(OCCC[Si](C)(C)C)cc1)C(=O)O. The highest BCUT2D eigenvalue weighted by Gasteiger charge is 2.20. The second-order valence-corrected chi connectivity index (χ2v) is 13.2. The summed E-state index contributed by atoms with van der Waals surface area (Å²) in [5, 5.41) is 9.26. The van der Waals surface area contributed by atoms with Gasteiger partial charge in [0.25, 0.3) is 0 Å². The molecule has 0 heterocycles. The van der Waals surface area contributed by atoms with E-state index in [1.165, 1.54) is 12.1 Å². The molecule has 1 N–H and O–H groups in total. The summed E-state index contributed by atoms with van der Waals surface area (Å²) >= 11 is 0. The van der Waals surface area contributed by atoms with Crippen molar-refractivity contribution in [2.45, 2.75) is 58.5 Å². The molecule has 1 unspecified atom stereocenters. The van der Waals surface area contributed by atoms with Crippen LogP contribution in [0.3, 0.4) is 0 Å². The van der Waals surface area contributed by atoms with Gasteiger partial charge in [0.2, 0.25) is 0 Å². The molecular formula is C20H30O5Si. The Morgan fingerprint density at radius 1 is 1.19 bits per heavy atom. The number of carbonyl (C=O) groups is 2. The zero-order valence-electron chi connectivity index (χ0n) is 16.4. The number of carboxylic acids is 1. The monoisotopic (exact) mass is 378 g/mol. The van der Waals surface area contributed by atoms with Crippen LogP contribution in [0.15, 0.2) is 29.8 Å². The van der Waals surface area contributed by atoms with Crippen LogP contribution in [0.1, 0.15) is 32.3 Å². The summed E-state index contributed by atoms with van der Waals surface area (Å²) in [4.78, 5) is 23.3. The van der Waals surface area contributed by atoms with E-state index in [4.69, 9.17) is 9.47 Å². The zero-order chi connectivity index (χ0) is 19.7. The minimum Gasteiger partial charge on any atom is -0.494 e. The number of hydrogen-bond acceptors (Lipinski definition) is 4. The maximum Gasteiger partial charge on any atom is 0.345 e. The van der Waals surface area contributed by atoms with E-state index in [1.54, 1.807) is 31.2 Å². The molecule has 1 aromatic rings. The van der Waals surface area contributed by atoms with Crippen molar-refractivity contribution in [2.75, 3.05) is 6.61 Å². The van der Waals surface area contributed by atoms with E-state index < -0.39 is 20.0 Å². The lowest BCUT2D eigenvalue weighted by atomic mass is 10.1. The lowest BCUT2D eigenvalue weighted by molar-refractivity contribution is -0.147. The Balaban J connectivity index is 2.71. The van der Waals surface area contributed by atoms with Gasteiger partial charge in [-0.2, -0.15) is 0 Å². The highest BCUT2D eigenvalue weighted by atomic mass is 28.3. The van der Waals surface area contributed by atoms with E-state index in [9.17, 15) is 14.7 Å². The summed E-state index contributed by atoms with van der Waals surface area (Å²) in [5.41, 5.74) is 0.229. The molecule has 0 radical (unpaired) electrons. The average Bonchev–Trinajstić information content (AvgIpc) is 2.56. The normalized spacial score (nSPS) is 13.2. The smallest absolute Gasteiger partial charge is 0.345 e. The van der Waals surface area contributed by atoms with E-state index >= 15 is 0 Å². The molecule has 0 saturated heterocycles. The lowest BCUT2D eigenvalue weighted by Gasteiger charge is -2.15. The maximum absolute atomic E-state index is 12.0. The van der Waals surface area contributed by atoms with Gasteiger partial charge in [0, 0.05) is 8.07 Å². The van der Waals surface area contributed by atoms with E-state index in [0.717, 1.165) is 12.2 Å². The number of aliphatic carboxylic acids is 1. The molecule has 0 aromatic heterocycles. The van der Waals surface area contributed by atoms with Gasteiger partial charge in [0.1, 0.15) is 11.3 Å². The van der Waals surface area contributed by atoms with Crippen molar-refractivity contribution in [1.29, 1.82) is 0 Å². The molecule has 0 bridgehead atoms. The molecule has 0 aliphatic heterocycles. The highest BCUT2D eigenvalue weighted by molar-refractivity contribution is 6.76. The number of hydrogen-bond donors (Lipinski definition) is 1. The summed E-state index contributed by atoms with van der Waals surface area (Å²) < 4.78 is 10.8. The summed E-state index contributed by atoms with van der Waals surface area (Å²) in [6.07, 6.45) is 2.66. The molecule has 1 aromatic carbocycles. The molecule has 1 atom stereocenters. The van der Waals surface area contributed by atoms with Crippen LogP contribution in [0, 0.1) is 0 Å². The molecule has 0 aliphatic rings. The van der Waals surface area contributed by atoms with Crippen molar-refractivity contribution < 1.29 is 24.2 Å². The number of carboxylic acid groups (broad SMARTS) is 1. The van der Waals surface area contributed by atoms with Gasteiger partial charge in [0.05, 0.1) is 12.7 Å². The van der Waals surface area contributed by atoms with E-state index in [-0.39, 0.29) is 11.7 Å². The molecule has 6 heteroatoms. The summed E-state index contributed by atoms with van der Waals surface area (Å²) in [6, 6.07) is 8.23. The van der Waals surface area contributed by atoms with Crippen LogP contribution in [-0.4, -0.2) is 37.8 Å². The largest absolute Gasteiger partial charge is 0.494 e. The lowest BCUT2D eigenvalue weighted by Crippen LogP contribution is -2.20. The predicted octanol–water partition coefficient (Wildman–Crippen LogP) is 4.60. The molecule has 0 fully saturated rings. The van der Waals surface area contributed by atoms with Crippen molar-refractivity contribution >= 4 is 26.1 Å². The second-order valence-electron chi connectivity index (χ2n) is 7.57. The highest BCUT2D eigenvalue weighted by Crippen LogP contribution is 2.17. The Hall–Kier alpha value is -2.08. The van der Waals surface area contributed by atoms with Gasteiger partial charge in [-0.05, 0) is 43.5 Å². The number of ether oxygens (including phenoxy) is 2. The van der Waals surface area contributed by atoms with Gasteiger partial charge in [-0.1, -0.05) is 44.7 Å². The fourth-order valence-corrected chi connectivity index (χ4v) is 3.36. The minimum atomic E-state index is -1.30. The van der Waals surface area contributed by atoms with Crippen molar-refractivity contribution in [3.05, 3.63) is 35.4 Å². The molecule has 0 amide bonds. The fourth-order valence-electron chi connectivity index (χ4n) is 2.16. The maximum atomic E-state index is 12.0. The van der Waals surface area contributed by atoms with Gasteiger partial charge < -0.3 is 14.6 Å². The molecule has 1 rings (SSSR count). The quantitative estimate of drug-likeness (QED) is 0.161. The molecule has 5 nitrogen and oxygen atoms in total.